The van der Waals surface area contributed by atoms with Gasteiger partial charge in [-0.15, -0.1) is 0 Å². The molecule has 0 aromatic heterocycles. The summed E-state index contributed by atoms with van der Waals surface area (Å²) in [6.07, 6.45) is 3.32. The Kier molecular flexibility index (Phi) is 4.39. The molecule has 3 heteroatoms. The van der Waals surface area contributed by atoms with Gasteiger partial charge in [0.15, 0.2) is 0 Å². The predicted octanol–water partition coefficient (Wildman–Crippen LogP) is 1.81. The molecular formula is C11H21NO2. The molecule has 1 saturated heterocycles. The lowest BCUT2D eigenvalue weighted by Gasteiger charge is -2.33. The van der Waals surface area contributed by atoms with E-state index in [1.165, 1.54) is 6.42 Å². The Balaban J connectivity index is 2.50. The summed E-state index contributed by atoms with van der Waals surface area (Å²) in [5.74, 6) is -0.0402. The maximum Gasteiger partial charge on any atom is 0.323 e. The summed E-state index contributed by atoms with van der Waals surface area (Å²) in [6.45, 7) is 7.88. The summed E-state index contributed by atoms with van der Waals surface area (Å²) in [7, 11) is 0. The van der Waals surface area contributed by atoms with Crippen molar-refractivity contribution in [3.05, 3.63) is 0 Å². The van der Waals surface area contributed by atoms with Gasteiger partial charge in [0.05, 0.1) is 6.10 Å². The van der Waals surface area contributed by atoms with Gasteiger partial charge >= 0.3 is 5.97 Å². The van der Waals surface area contributed by atoms with E-state index in [9.17, 15) is 4.79 Å². The summed E-state index contributed by atoms with van der Waals surface area (Å²) in [6, 6.07) is 0.0103. The molecule has 1 heterocycles. The first-order valence-corrected chi connectivity index (χ1v) is 5.59. The number of likely N-dealkylation sites (tertiary alicyclic amines) is 1. The van der Waals surface area contributed by atoms with Crippen LogP contribution >= 0.6 is 0 Å². The zero-order valence-corrected chi connectivity index (χ0v) is 9.45. The number of rotatable bonds is 3. The van der Waals surface area contributed by atoms with Crippen LogP contribution in [0.5, 0.6) is 0 Å². The van der Waals surface area contributed by atoms with Crippen molar-refractivity contribution in [2.24, 2.45) is 0 Å². The molecule has 82 valence electrons. The third-order valence-electron chi connectivity index (χ3n) is 2.64. The van der Waals surface area contributed by atoms with Crippen molar-refractivity contribution < 1.29 is 9.53 Å². The standard InChI is InChI=1S/C11H21NO2/c1-4-12-8-6-5-7-10(12)11(13)14-9(2)3/h9-10H,4-8H2,1-3H3. The second-order valence-corrected chi connectivity index (χ2v) is 4.13. The first kappa shape index (κ1) is 11.5. The Morgan fingerprint density at radius 3 is 2.79 bits per heavy atom. The molecule has 3 nitrogen and oxygen atoms in total. The lowest BCUT2D eigenvalue weighted by atomic mass is 10.0. The average molecular weight is 199 g/mol. The van der Waals surface area contributed by atoms with E-state index in [1.807, 2.05) is 13.8 Å². The van der Waals surface area contributed by atoms with Crippen LogP contribution in [0.25, 0.3) is 0 Å². The number of ether oxygens (including phenoxy) is 1. The second-order valence-electron chi connectivity index (χ2n) is 4.13. The number of esters is 1. The van der Waals surface area contributed by atoms with Gasteiger partial charge in [-0.2, -0.15) is 0 Å². The Bertz CT molecular complexity index is 192. The smallest absolute Gasteiger partial charge is 0.323 e. The third kappa shape index (κ3) is 2.98. The molecule has 0 bridgehead atoms. The van der Waals surface area contributed by atoms with Crippen LogP contribution in [0.1, 0.15) is 40.0 Å². The maximum absolute atomic E-state index is 11.7. The minimum Gasteiger partial charge on any atom is -0.462 e. The molecule has 1 rings (SSSR count). The van der Waals surface area contributed by atoms with Gasteiger partial charge in [0.25, 0.3) is 0 Å². The SMILES string of the molecule is CCN1CCCCC1C(=O)OC(C)C. The van der Waals surface area contributed by atoms with Crippen molar-refractivity contribution in [2.75, 3.05) is 13.1 Å². The molecule has 0 aromatic carbocycles. The lowest BCUT2D eigenvalue weighted by Crippen LogP contribution is -2.45. The second kappa shape index (κ2) is 5.35. The molecule has 0 N–H and O–H groups in total. The predicted molar refractivity (Wildman–Crippen MR) is 56.1 cm³/mol. The van der Waals surface area contributed by atoms with Crippen molar-refractivity contribution in [1.29, 1.82) is 0 Å². The summed E-state index contributed by atoms with van der Waals surface area (Å²) in [5, 5.41) is 0. The van der Waals surface area contributed by atoms with E-state index in [0.29, 0.717) is 0 Å². The van der Waals surface area contributed by atoms with E-state index in [1.54, 1.807) is 0 Å². The van der Waals surface area contributed by atoms with Gasteiger partial charge in [0.1, 0.15) is 6.04 Å². The largest absolute Gasteiger partial charge is 0.462 e. The topological polar surface area (TPSA) is 29.5 Å². The van der Waals surface area contributed by atoms with Crippen LogP contribution in [0, 0.1) is 0 Å². The van der Waals surface area contributed by atoms with Gasteiger partial charge < -0.3 is 4.74 Å². The van der Waals surface area contributed by atoms with E-state index >= 15 is 0 Å². The monoisotopic (exact) mass is 199 g/mol. The van der Waals surface area contributed by atoms with Gasteiger partial charge in [-0.3, -0.25) is 9.69 Å². The zero-order valence-electron chi connectivity index (χ0n) is 9.45. The molecule has 1 fully saturated rings. The van der Waals surface area contributed by atoms with E-state index in [2.05, 4.69) is 11.8 Å². The third-order valence-corrected chi connectivity index (χ3v) is 2.64. The van der Waals surface area contributed by atoms with Crippen LogP contribution in [0.15, 0.2) is 0 Å². The van der Waals surface area contributed by atoms with Gasteiger partial charge in [-0.25, -0.2) is 0 Å². The van der Waals surface area contributed by atoms with E-state index in [0.717, 1.165) is 25.9 Å². The summed E-state index contributed by atoms with van der Waals surface area (Å²) >= 11 is 0. The molecule has 1 aliphatic rings. The number of hydrogen-bond acceptors (Lipinski definition) is 3. The van der Waals surface area contributed by atoms with Gasteiger partial charge in [0.2, 0.25) is 0 Å². The van der Waals surface area contributed by atoms with Gasteiger partial charge in [-0.1, -0.05) is 13.3 Å². The fraction of sp³-hybridized carbons (Fsp3) is 0.909. The fourth-order valence-electron chi connectivity index (χ4n) is 1.95. The molecule has 1 atom stereocenters. The Morgan fingerprint density at radius 2 is 2.21 bits per heavy atom. The molecule has 0 amide bonds. The molecule has 0 saturated carbocycles. The van der Waals surface area contributed by atoms with Crippen molar-refractivity contribution >= 4 is 5.97 Å². The summed E-state index contributed by atoms with van der Waals surface area (Å²) in [5.41, 5.74) is 0. The molecular weight excluding hydrogens is 178 g/mol. The Hall–Kier alpha value is -0.570. The molecule has 0 spiro atoms. The van der Waals surface area contributed by atoms with E-state index < -0.39 is 0 Å². The highest BCUT2D eigenvalue weighted by atomic mass is 16.5. The highest BCUT2D eigenvalue weighted by Gasteiger charge is 2.28. The number of piperidine rings is 1. The average Bonchev–Trinajstić information content (AvgIpc) is 2.16. The normalized spacial score (nSPS) is 23.9. The minimum absolute atomic E-state index is 0.00290. The highest BCUT2D eigenvalue weighted by Crippen LogP contribution is 2.18. The summed E-state index contributed by atoms with van der Waals surface area (Å²) < 4.78 is 5.24. The summed E-state index contributed by atoms with van der Waals surface area (Å²) in [4.78, 5) is 13.9. The highest BCUT2D eigenvalue weighted by molar-refractivity contribution is 5.76. The number of hydrogen-bond donors (Lipinski definition) is 0. The van der Waals surface area contributed by atoms with Crippen molar-refractivity contribution in [3.8, 4) is 0 Å². The Morgan fingerprint density at radius 1 is 1.50 bits per heavy atom. The quantitative estimate of drug-likeness (QED) is 0.649. The number of carbonyl (C=O) groups is 1. The maximum atomic E-state index is 11.7. The van der Waals surface area contributed by atoms with Crippen LogP contribution in [-0.4, -0.2) is 36.1 Å². The van der Waals surface area contributed by atoms with Crippen molar-refractivity contribution in [2.45, 2.75) is 52.2 Å². The van der Waals surface area contributed by atoms with E-state index in [4.69, 9.17) is 4.74 Å². The molecule has 1 unspecified atom stereocenters. The fourth-order valence-corrected chi connectivity index (χ4v) is 1.95. The van der Waals surface area contributed by atoms with Crippen molar-refractivity contribution in [3.63, 3.8) is 0 Å². The lowest BCUT2D eigenvalue weighted by molar-refractivity contribution is -0.155. The molecule has 14 heavy (non-hydrogen) atoms. The van der Waals surface area contributed by atoms with Crippen molar-refractivity contribution in [1.82, 2.24) is 4.90 Å². The van der Waals surface area contributed by atoms with Crippen LogP contribution in [0.3, 0.4) is 0 Å². The van der Waals surface area contributed by atoms with E-state index in [-0.39, 0.29) is 18.1 Å². The Labute approximate surface area is 86.4 Å². The molecule has 0 aromatic rings. The van der Waals surface area contributed by atoms with Crippen LogP contribution in [0.4, 0.5) is 0 Å². The van der Waals surface area contributed by atoms with Crippen LogP contribution in [-0.2, 0) is 9.53 Å². The number of carbonyl (C=O) groups excluding carboxylic acids is 1. The van der Waals surface area contributed by atoms with Crippen LogP contribution < -0.4 is 0 Å². The zero-order chi connectivity index (χ0) is 10.6. The first-order chi connectivity index (χ1) is 6.65. The molecule has 0 aliphatic carbocycles. The number of likely N-dealkylation sites (N-methyl/N-ethyl adjacent to an activating group) is 1. The molecule has 1 aliphatic heterocycles. The minimum atomic E-state index is -0.0402. The molecule has 0 radical (unpaired) electrons. The number of nitrogens with zero attached hydrogens (tertiary/aromatic N) is 1. The first-order valence-electron chi connectivity index (χ1n) is 5.59. The van der Waals surface area contributed by atoms with Gasteiger partial charge in [0, 0.05) is 0 Å². The van der Waals surface area contributed by atoms with Crippen LogP contribution in [0.2, 0.25) is 0 Å². The van der Waals surface area contributed by atoms with Gasteiger partial charge in [-0.05, 0) is 39.8 Å².